The van der Waals surface area contributed by atoms with Crippen molar-refractivity contribution in [3.8, 4) is 11.5 Å². The number of methoxy groups -OCH3 is 3. The smallest absolute Gasteiger partial charge is 0.432 e. The second-order valence-electron chi connectivity index (χ2n) is 13.1. The normalized spacial score (nSPS) is 31.7. The highest BCUT2D eigenvalue weighted by Gasteiger charge is 2.67. The average molecular weight is 575 g/mol. The number of fused-ring (bicyclic) bond motifs is 5. The Labute approximate surface area is 240 Å². The van der Waals surface area contributed by atoms with Gasteiger partial charge in [-0.2, -0.15) is 13.2 Å². The highest BCUT2D eigenvalue weighted by molar-refractivity contribution is 5.83. The molecule has 0 saturated heterocycles. The van der Waals surface area contributed by atoms with Gasteiger partial charge in [0.2, 0.25) is 0 Å². The number of carbonyl (C=O) groups is 1. The van der Waals surface area contributed by atoms with Crippen LogP contribution in [0, 0.1) is 22.7 Å². The van der Waals surface area contributed by atoms with E-state index in [0.717, 1.165) is 44.3 Å². The highest BCUT2D eigenvalue weighted by atomic mass is 19.4. The van der Waals surface area contributed by atoms with Gasteiger partial charge in [0.25, 0.3) is 5.60 Å². The van der Waals surface area contributed by atoms with Crippen LogP contribution in [0.5, 0.6) is 11.5 Å². The first-order valence-electron chi connectivity index (χ1n) is 14.3. The van der Waals surface area contributed by atoms with Gasteiger partial charge in [-0.05, 0) is 61.0 Å². The van der Waals surface area contributed by atoms with Gasteiger partial charge in [0, 0.05) is 35.1 Å². The molecule has 0 bridgehead atoms. The lowest BCUT2D eigenvalue weighted by atomic mass is 9.43. The van der Waals surface area contributed by atoms with Crippen molar-refractivity contribution in [2.75, 3.05) is 21.3 Å². The predicted molar refractivity (Wildman–Crippen MR) is 149 cm³/mol. The Morgan fingerprint density at radius 2 is 1.59 bits per heavy atom. The van der Waals surface area contributed by atoms with Gasteiger partial charge in [-0.3, -0.25) is 0 Å². The molecule has 224 valence electrons. The molecule has 5 nitrogen and oxygen atoms in total. The van der Waals surface area contributed by atoms with Crippen LogP contribution in [0.3, 0.4) is 0 Å². The third-order valence-corrected chi connectivity index (χ3v) is 11.0. The zero-order chi connectivity index (χ0) is 30.0. The lowest BCUT2D eigenvalue weighted by Crippen LogP contribution is -2.60. The Morgan fingerprint density at radius 1 is 0.902 bits per heavy atom. The molecule has 0 aromatic heterocycles. The minimum absolute atomic E-state index is 0.105. The summed E-state index contributed by atoms with van der Waals surface area (Å²) >= 11 is 0. The molecule has 0 heterocycles. The number of rotatable bonds is 6. The molecule has 6 atom stereocenters. The number of carbonyl (C=O) groups excluding carboxylic acids is 1. The number of benzene rings is 2. The van der Waals surface area contributed by atoms with Crippen LogP contribution in [0.2, 0.25) is 0 Å². The Hall–Kier alpha value is -2.74. The maximum absolute atomic E-state index is 14.6. The predicted octanol–water partition coefficient (Wildman–Crippen LogP) is 7.39. The number of ether oxygens (including phenoxy) is 4. The molecule has 8 heteroatoms. The van der Waals surface area contributed by atoms with Crippen molar-refractivity contribution in [2.45, 2.75) is 83.1 Å². The second kappa shape index (κ2) is 9.92. The van der Waals surface area contributed by atoms with Crippen molar-refractivity contribution < 1.29 is 36.9 Å². The topological polar surface area (TPSA) is 54.0 Å². The SMILES string of the molecule is COc1cc2c(c(OC)c1)[C@@]1(C)CC[C@@H]3C(C)(C)[C@H](OC(=O)[C@@](OC)(c4ccccc4)C(F)(F)F)CC[C@@]3(C)[C@@H]1C2. The van der Waals surface area contributed by atoms with Crippen LogP contribution < -0.4 is 9.47 Å². The Bertz CT molecular complexity index is 1310. The molecule has 3 aliphatic rings. The quantitative estimate of drug-likeness (QED) is 0.337. The summed E-state index contributed by atoms with van der Waals surface area (Å²) in [4.78, 5) is 13.6. The number of hydrogen-bond acceptors (Lipinski definition) is 5. The standard InChI is InChI=1S/C33H41F3O5/c1-29(2)24-13-15-31(4)25(18-20-17-22(38-5)19-23(39-6)27(20)31)30(24,3)16-14-26(29)41-28(37)32(40-7,33(34,35)36)21-11-9-8-10-12-21/h8-12,17,19,24-26H,13-16,18H2,1-7H3/t24-,25+,26-,30-,31+,32+/m1/s1. The summed E-state index contributed by atoms with van der Waals surface area (Å²) in [6.07, 6.45) is -1.82. The lowest BCUT2D eigenvalue weighted by molar-refractivity contribution is -0.282. The fourth-order valence-electron chi connectivity index (χ4n) is 9.05. The summed E-state index contributed by atoms with van der Waals surface area (Å²) in [6.45, 7) is 8.75. The number of halogens is 3. The zero-order valence-electron chi connectivity index (χ0n) is 25.0. The largest absolute Gasteiger partial charge is 0.497 e. The Morgan fingerprint density at radius 3 is 2.17 bits per heavy atom. The zero-order valence-corrected chi connectivity index (χ0v) is 25.0. The van der Waals surface area contributed by atoms with Crippen LogP contribution in [0.25, 0.3) is 0 Å². The molecule has 2 aromatic rings. The first-order chi connectivity index (χ1) is 19.2. The minimum Gasteiger partial charge on any atom is -0.497 e. The molecular weight excluding hydrogens is 533 g/mol. The highest BCUT2D eigenvalue weighted by Crippen LogP contribution is 2.69. The van der Waals surface area contributed by atoms with E-state index < -0.39 is 29.3 Å². The first-order valence-corrected chi connectivity index (χ1v) is 14.3. The molecule has 5 rings (SSSR count). The molecule has 0 aliphatic heterocycles. The molecule has 2 aromatic carbocycles. The van der Waals surface area contributed by atoms with Gasteiger partial charge in [-0.15, -0.1) is 0 Å². The first kappa shape index (κ1) is 29.7. The monoisotopic (exact) mass is 574 g/mol. The van der Waals surface area contributed by atoms with E-state index in [1.54, 1.807) is 20.3 Å². The molecule has 0 N–H and O–H groups in total. The molecule has 3 aliphatic carbocycles. The summed E-state index contributed by atoms with van der Waals surface area (Å²) in [7, 11) is 4.26. The summed E-state index contributed by atoms with van der Waals surface area (Å²) in [5.74, 6) is 0.646. The van der Waals surface area contributed by atoms with Crippen molar-refractivity contribution in [2.24, 2.45) is 22.7 Å². The van der Waals surface area contributed by atoms with Crippen LogP contribution >= 0.6 is 0 Å². The van der Waals surface area contributed by atoms with Crippen molar-refractivity contribution in [1.29, 1.82) is 0 Å². The van der Waals surface area contributed by atoms with Gasteiger partial charge in [-0.1, -0.05) is 58.0 Å². The molecule has 2 fully saturated rings. The maximum atomic E-state index is 14.6. The van der Waals surface area contributed by atoms with Crippen molar-refractivity contribution in [3.05, 3.63) is 59.2 Å². The molecule has 2 saturated carbocycles. The summed E-state index contributed by atoms with van der Waals surface area (Å²) in [5, 5.41) is 0. The van der Waals surface area contributed by atoms with Gasteiger partial charge >= 0.3 is 12.1 Å². The molecule has 0 amide bonds. The number of esters is 1. The van der Waals surface area contributed by atoms with Crippen LogP contribution in [0.15, 0.2) is 42.5 Å². The van der Waals surface area contributed by atoms with Gasteiger partial charge in [0.15, 0.2) is 0 Å². The van der Waals surface area contributed by atoms with E-state index in [1.807, 2.05) is 19.9 Å². The van der Waals surface area contributed by atoms with Crippen LogP contribution in [-0.4, -0.2) is 39.6 Å². The molecule has 0 spiro atoms. The lowest BCUT2D eigenvalue weighted by Gasteiger charge is -2.62. The summed E-state index contributed by atoms with van der Waals surface area (Å²) < 4.78 is 66.0. The van der Waals surface area contributed by atoms with E-state index in [4.69, 9.17) is 18.9 Å². The van der Waals surface area contributed by atoms with E-state index in [1.165, 1.54) is 35.4 Å². The fourth-order valence-corrected chi connectivity index (χ4v) is 9.05. The van der Waals surface area contributed by atoms with Crippen LogP contribution in [0.4, 0.5) is 13.2 Å². The number of hydrogen-bond donors (Lipinski definition) is 0. The molecule has 0 radical (unpaired) electrons. The van der Waals surface area contributed by atoms with E-state index in [0.29, 0.717) is 12.3 Å². The third-order valence-electron chi connectivity index (χ3n) is 11.0. The number of alkyl halides is 3. The second-order valence-corrected chi connectivity index (χ2v) is 13.1. The van der Waals surface area contributed by atoms with Crippen molar-refractivity contribution >= 4 is 5.97 Å². The fraction of sp³-hybridized carbons (Fsp3) is 0.606. The molecule has 0 unspecified atom stereocenters. The van der Waals surface area contributed by atoms with E-state index in [9.17, 15) is 18.0 Å². The van der Waals surface area contributed by atoms with Gasteiger partial charge < -0.3 is 18.9 Å². The summed E-state index contributed by atoms with van der Waals surface area (Å²) in [6, 6.07) is 11.1. The van der Waals surface area contributed by atoms with E-state index in [2.05, 4.69) is 19.9 Å². The maximum Gasteiger partial charge on any atom is 0.432 e. The van der Waals surface area contributed by atoms with Gasteiger partial charge in [0.1, 0.15) is 17.6 Å². The van der Waals surface area contributed by atoms with Crippen molar-refractivity contribution in [3.63, 3.8) is 0 Å². The Kier molecular flexibility index (Phi) is 7.20. The van der Waals surface area contributed by atoms with E-state index in [-0.39, 0.29) is 22.3 Å². The van der Waals surface area contributed by atoms with Gasteiger partial charge in [0.05, 0.1) is 14.2 Å². The van der Waals surface area contributed by atoms with Crippen LogP contribution in [-0.2, 0) is 31.7 Å². The van der Waals surface area contributed by atoms with Gasteiger partial charge in [-0.25, -0.2) is 4.79 Å². The molecule has 41 heavy (non-hydrogen) atoms. The summed E-state index contributed by atoms with van der Waals surface area (Å²) in [5.41, 5.74) is -1.78. The Balaban J connectivity index is 1.46. The average Bonchev–Trinajstić information content (AvgIpc) is 3.24. The van der Waals surface area contributed by atoms with Crippen LogP contribution in [0.1, 0.15) is 70.1 Å². The van der Waals surface area contributed by atoms with Crippen molar-refractivity contribution in [1.82, 2.24) is 0 Å². The third kappa shape index (κ3) is 4.18. The minimum atomic E-state index is -5.00. The van der Waals surface area contributed by atoms with E-state index >= 15 is 0 Å². The molecular formula is C33H41F3O5.